The third kappa shape index (κ3) is 4.14. The average molecular weight is 290 g/mol. The number of carbonyl (C=O) groups excluding carboxylic acids is 3. The van der Waals surface area contributed by atoms with Crippen molar-refractivity contribution in [3.8, 4) is 0 Å². The van der Waals surface area contributed by atoms with E-state index in [1.54, 1.807) is 0 Å². The summed E-state index contributed by atoms with van der Waals surface area (Å²) in [6, 6.07) is 0. The minimum absolute atomic E-state index is 0.116. The van der Waals surface area contributed by atoms with Crippen molar-refractivity contribution in [1.82, 2.24) is 9.21 Å². The van der Waals surface area contributed by atoms with Crippen molar-refractivity contribution in [2.45, 2.75) is 0 Å². The molecule has 0 atom stereocenters. The molecule has 106 valence electrons. The molecular formula is C10H14N2O6S. The van der Waals surface area contributed by atoms with E-state index in [9.17, 15) is 22.8 Å². The third-order valence-electron chi connectivity index (χ3n) is 2.48. The fourth-order valence-corrected chi connectivity index (χ4v) is 2.19. The first kappa shape index (κ1) is 15.3. The highest BCUT2D eigenvalue weighted by Crippen LogP contribution is 2.05. The zero-order chi connectivity index (χ0) is 14.6. The minimum Gasteiger partial charge on any atom is -0.468 e. The molecule has 0 aromatic heterocycles. The Morgan fingerprint density at radius 3 is 2.26 bits per heavy atom. The van der Waals surface area contributed by atoms with E-state index < -0.39 is 34.4 Å². The van der Waals surface area contributed by atoms with Crippen LogP contribution in [-0.2, 0) is 29.1 Å². The van der Waals surface area contributed by atoms with Crippen molar-refractivity contribution in [2.75, 3.05) is 33.0 Å². The summed E-state index contributed by atoms with van der Waals surface area (Å²) in [5.74, 6) is -1.73. The van der Waals surface area contributed by atoms with Gasteiger partial charge in [-0.1, -0.05) is 0 Å². The fraction of sp³-hybridized carbons (Fsp3) is 0.500. The van der Waals surface area contributed by atoms with E-state index in [0.29, 0.717) is 0 Å². The van der Waals surface area contributed by atoms with Crippen molar-refractivity contribution in [1.29, 1.82) is 0 Å². The topological polar surface area (TPSA) is 101 Å². The maximum absolute atomic E-state index is 11.5. The number of imide groups is 1. The molecular weight excluding hydrogens is 276 g/mol. The molecule has 0 saturated heterocycles. The van der Waals surface area contributed by atoms with Gasteiger partial charge in [0.15, 0.2) is 0 Å². The molecule has 1 heterocycles. The summed E-state index contributed by atoms with van der Waals surface area (Å²) >= 11 is 0. The molecule has 0 fully saturated rings. The van der Waals surface area contributed by atoms with Gasteiger partial charge in [-0.3, -0.25) is 19.3 Å². The normalized spacial score (nSPS) is 15.4. The number of ether oxygens (including phenoxy) is 1. The van der Waals surface area contributed by atoms with E-state index in [0.717, 1.165) is 34.7 Å². The Kier molecular flexibility index (Phi) is 4.78. The Morgan fingerprint density at radius 1 is 1.32 bits per heavy atom. The molecule has 0 bridgehead atoms. The number of methoxy groups -OCH3 is 1. The van der Waals surface area contributed by atoms with Gasteiger partial charge in [0.2, 0.25) is 10.0 Å². The Balaban J connectivity index is 2.67. The Labute approximate surface area is 110 Å². The second kappa shape index (κ2) is 5.93. The van der Waals surface area contributed by atoms with Crippen LogP contribution < -0.4 is 0 Å². The van der Waals surface area contributed by atoms with E-state index in [2.05, 4.69) is 4.74 Å². The molecule has 2 amide bonds. The Hall–Kier alpha value is -1.74. The lowest BCUT2D eigenvalue weighted by Crippen LogP contribution is -2.42. The number of nitrogens with zero attached hydrogens (tertiary/aromatic N) is 2. The van der Waals surface area contributed by atoms with Gasteiger partial charge in [0.1, 0.15) is 6.54 Å². The van der Waals surface area contributed by atoms with Gasteiger partial charge in [-0.2, -0.15) is 4.31 Å². The summed E-state index contributed by atoms with van der Waals surface area (Å²) in [6.45, 7) is -0.735. The summed E-state index contributed by atoms with van der Waals surface area (Å²) in [6.07, 6.45) is 3.14. The molecule has 19 heavy (non-hydrogen) atoms. The van der Waals surface area contributed by atoms with Crippen LogP contribution in [0.1, 0.15) is 0 Å². The molecule has 1 rings (SSSR count). The smallest absolute Gasteiger partial charge is 0.321 e. The molecule has 0 aromatic carbocycles. The van der Waals surface area contributed by atoms with Gasteiger partial charge in [0.25, 0.3) is 11.8 Å². The predicted octanol–water partition coefficient (Wildman–Crippen LogP) is -1.65. The van der Waals surface area contributed by atoms with E-state index in [1.165, 1.54) is 0 Å². The molecule has 0 radical (unpaired) electrons. The van der Waals surface area contributed by atoms with Gasteiger partial charge in [-0.15, -0.1) is 0 Å². The van der Waals surface area contributed by atoms with E-state index in [4.69, 9.17) is 0 Å². The number of sulfonamides is 1. The second-order valence-corrected chi connectivity index (χ2v) is 5.82. The monoisotopic (exact) mass is 290 g/mol. The van der Waals surface area contributed by atoms with Crippen molar-refractivity contribution in [2.24, 2.45) is 0 Å². The molecule has 0 aliphatic carbocycles. The quantitative estimate of drug-likeness (QED) is 0.429. The van der Waals surface area contributed by atoms with Crippen molar-refractivity contribution in [3.63, 3.8) is 0 Å². The molecule has 1 aliphatic heterocycles. The molecule has 0 aromatic rings. The summed E-state index contributed by atoms with van der Waals surface area (Å²) in [4.78, 5) is 34.6. The molecule has 9 heteroatoms. The van der Waals surface area contributed by atoms with E-state index >= 15 is 0 Å². The largest absolute Gasteiger partial charge is 0.468 e. The molecule has 1 aliphatic rings. The van der Waals surface area contributed by atoms with Crippen LogP contribution in [0.4, 0.5) is 0 Å². The van der Waals surface area contributed by atoms with Crippen LogP contribution in [0.2, 0.25) is 0 Å². The van der Waals surface area contributed by atoms with Gasteiger partial charge in [-0.25, -0.2) is 8.42 Å². The summed E-state index contributed by atoms with van der Waals surface area (Å²) in [7, 11) is -2.49. The van der Waals surface area contributed by atoms with Gasteiger partial charge in [0.05, 0.1) is 13.4 Å². The lowest BCUT2D eigenvalue weighted by Gasteiger charge is -2.21. The molecule has 0 spiro atoms. The lowest BCUT2D eigenvalue weighted by molar-refractivity contribution is -0.140. The van der Waals surface area contributed by atoms with Crippen molar-refractivity contribution >= 4 is 27.8 Å². The second-order valence-electron chi connectivity index (χ2n) is 3.83. The standard InChI is InChI=1S/C10H14N2O6S/c1-18-10(15)7-11(19(2,16)17)5-6-12-8(13)3-4-9(12)14/h3-4H,5-7H2,1-2H3. The maximum atomic E-state index is 11.5. The van der Waals surface area contributed by atoms with Gasteiger partial charge >= 0.3 is 5.97 Å². The van der Waals surface area contributed by atoms with Crippen LogP contribution in [0, 0.1) is 0 Å². The zero-order valence-electron chi connectivity index (χ0n) is 10.5. The van der Waals surface area contributed by atoms with Crippen LogP contribution in [0.3, 0.4) is 0 Å². The lowest BCUT2D eigenvalue weighted by atomic mass is 10.5. The number of esters is 1. The highest BCUT2D eigenvalue weighted by molar-refractivity contribution is 7.88. The number of hydrogen-bond acceptors (Lipinski definition) is 6. The first-order chi connectivity index (χ1) is 8.75. The van der Waals surface area contributed by atoms with Crippen molar-refractivity contribution < 1.29 is 27.5 Å². The average Bonchev–Trinajstić information content (AvgIpc) is 2.63. The molecule has 0 N–H and O–H groups in total. The van der Waals surface area contributed by atoms with Gasteiger partial charge < -0.3 is 4.74 Å². The number of carbonyl (C=O) groups is 3. The van der Waals surface area contributed by atoms with Gasteiger partial charge in [-0.05, 0) is 0 Å². The summed E-state index contributed by atoms with van der Waals surface area (Å²) in [5.41, 5.74) is 0. The summed E-state index contributed by atoms with van der Waals surface area (Å²) in [5, 5.41) is 0. The Morgan fingerprint density at radius 2 is 1.84 bits per heavy atom. The van der Waals surface area contributed by atoms with Crippen LogP contribution >= 0.6 is 0 Å². The maximum Gasteiger partial charge on any atom is 0.321 e. The molecule has 0 unspecified atom stereocenters. The highest BCUT2D eigenvalue weighted by atomic mass is 32.2. The number of rotatable bonds is 6. The van der Waals surface area contributed by atoms with Crippen LogP contribution in [-0.4, -0.2) is 68.4 Å². The first-order valence-electron chi connectivity index (χ1n) is 5.31. The van der Waals surface area contributed by atoms with E-state index in [-0.39, 0.29) is 13.1 Å². The molecule has 8 nitrogen and oxygen atoms in total. The Bertz CT molecular complexity index is 506. The van der Waals surface area contributed by atoms with Gasteiger partial charge in [0, 0.05) is 25.2 Å². The summed E-state index contributed by atoms with van der Waals surface area (Å²) < 4.78 is 28.2. The van der Waals surface area contributed by atoms with E-state index in [1.807, 2.05) is 0 Å². The number of hydrogen-bond donors (Lipinski definition) is 0. The van der Waals surface area contributed by atoms with Crippen molar-refractivity contribution in [3.05, 3.63) is 12.2 Å². The number of amides is 2. The zero-order valence-corrected chi connectivity index (χ0v) is 11.3. The molecule has 0 saturated carbocycles. The predicted molar refractivity (Wildman–Crippen MR) is 64.3 cm³/mol. The van der Waals surface area contributed by atoms with Crippen LogP contribution in [0.15, 0.2) is 12.2 Å². The van der Waals surface area contributed by atoms with Crippen LogP contribution in [0.5, 0.6) is 0 Å². The van der Waals surface area contributed by atoms with Crippen LogP contribution in [0.25, 0.3) is 0 Å². The minimum atomic E-state index is -3.63. The highest BCUT2D eigenvalue weighted by Gasteiger charge is 2.26. The third-order valence-corrected chi connectivity index (χ3v) is 3.73. The SMILES string of the molecule is COC(=O)CN(CCN1C(=O)C=CC1=O)S(C)(=O)=O. The fourth-order valence-electron chi connectivity index (χ4n) is 1.43. The first-order valence-corrected chi connectivity index (χ1v) is 7.16.